The van der Waals surface area contributed by atoms with E-state index in [1.165, 1.54) is 11.1 Å². The van der Waals surface area contributed by atoms with E-state index >= 15 is 0 Å². The highest BCUT2D eigenvalue weighted by atomic mass is 79.9. The number of benzene rings is 2. The summed E-state index contributed by atoms with van der Waals surface area (Å²) in [6, 6.07) is 14.4. The topological polar surface area (TPSA) is 29.1 Å². The van der Waals surface area contributed by atoms with E-state index in [0.29, 0.717) is 12.5 Å². The summed E-state index contributed by atoms with van der Waals surface area (Å²) in [5.74, 6) is 0.571. The molecule has 0 bridgehead atoms. The third kappa shape index (κ3) is 5.97. The molecule has 0 saturated heterocycles. The summed E-state index contributed by atoms with van der Waals surface area (Å²) in [7, 11) is 0. The van der Waals surface area contributed by atoms with Crippen LogP contribution in [0.2, 0.25) is 0 Å². The maximum Gasteiger partial charge on any atom is 0.244 e. The molecule has 0 aliphatic rings. The number of hydrogen-bond acceptors (Lipinski definition) is 1. The van der Waals surface area contributed by atoms with E-state index in [2.05, 4.69) is 65.4 Å². The van der Waals surface area contributed by atoms with Crippen LogP contribution in [0, 0.1) is 12.8 Å². The number of hydrogen-bond donors (Lipinski definition) is 1. The van der Waals surface area contributed by atoms with Crippen LogP contribution in [-0.4, -0.2) is 5.91 Å². The maximum atomic E-state index is 11.9. The second kappa shape index (κ2) is 8.84. The fourth-order valence-electron chi connectivity index (χ4n) is 2.47. The van der Waals surface area contributed by atoms with Gasteiger partial charge in [0.15, 0.2) is 0 Å². The molecule has 126 valence electrons. The zero-order valence-corrected chi connectivity index (χ0v) is 16.1. The monoisotopic (exact) mass is 385 g/mol. The van der Waals surface area contributed by atoms with Gasteiger partial charge in [-0.25, -0.2) is 0 Å². The summed E-state index contributed by atoms with van der Waals surface area (Å²) >= 11 is 3.48. The van der Waals surface area contributed by atoms with Crippen molar-refractivity contribution in [2.75, 3.05) is 0 Å². The van der Waals surface area contributed by atoms with Crippen LogP contribution >= 0.6 is 15.9 Å². The average molecular weight is 386 g/mol. The molecule has 2 aromatic rings. The Morgan fingerprint density at radius 1 is 1.12 bits per heavy atom. The van der Waals surface area contributed by atoms with E-state index in [4.69, 9.17) is 0 Å². The van der Waals surface area contributed by atoms with Crippen molar-refractivity contribution in [2.24, 2.45) is 5.92 Å². The maximum absolute atomic E-state index is 11.9. The Hall–Kier alpha value is -1.87. The molecule has 1 amide bonds. The van der Waals surface area contributed by atoms with Crippen LogP contribution < -0.4 is 5.32 Å². The first-order chi connectivity index (χ1) is 11.4. The number of aryl methyl sites for hydroxylation is 1. The van der Waals surface area contributed by atoms with E-state index in [0.717, 1.165) is 22.0 Å². The van der Waals surface area contributed by atoms with Crippen LogP contribution in [0.5, 0.6) is 0 Å². The molecular weight excluding hydrogens is 362 g/mol. The van der Waals surface area contributed by atoms with Gasteiger partial charge in [-0.05, 0) is 53.7 Å². The number of carbonyl (C=O) groups excluding carboxylic acids is 1. The molecule has 0 radical (unpaired) electrons. The summed E-state index contributed by atoms with van der Waals surface area (Å²) in [5.41, 5.74) is 4.63. The lowest BCUT2D eigenvalue weighted by atomic mass is 10.0. The van der Waals surface area contributed by atoms with Gasteiger partial charge in [-0.15, -0.1) is 0 Å². The molecule has 24 heavy (non-hydrogen) atoms. The Bertz CT molecular complexity index is 717. The second-order valence-electron chi connectivity index (χ2n) is 6.47. The predicted molar refractivity (Wildman–Crippen MR) is 105 cm³/mol. The van der Waals surface area contributed by atoms with Crippen molar-refractivity contribution < 1.29 is 4.79 Å². The number of halogens is 1. The molecule has 2 aromatic carbocycles. The number of nitrogens with one attached hydrogen (secondary N) is 1. The molecule has 0 spiro atoms. The van der Waals surface area contributed by atoms with Crippen LogP contribution in [0.25, 0.3) is 6.08 Å². The average Bonchev–Trinajstić information content (AvgIpc) is 2.55. The van der Waals surface area contributed by atoms with Gasteiger partial charge in [0.25, 0.3) is 0 Å². The normalized spacial score (nSPS) is 11.2. The minimum Gasteiger partial charge on any atom is -0.348 e. The number of carbonyl (C=O) groups is 1. The highest BCUT2D eigenvalue weighted by Gasteiger charge is 2.00. The Morgan fingerprint density at radius 2 is 1.79 bits per heavy atom. The Balaban J connectivity index is 1.87. The zero-order chi connectivity index (χ0) is 17.5. The van der Waals surface area contributed by atoms with Crippen LogP contribution in [-0.2, 0) is 17.8 Å². The van der Waals surface area contributed by atoms with E-state index in [9.17, 15) is 4.79 Å². The Labute approximate surface area is 153 Å². The van der Waals surface area contributed by atoms with Crippen molar-refractivity contribution in [2.45, 2.75) is 33.7 Å². The first kappa shape index (κ1) is 18.5. The highest BCUT2D eigenvalue weighted by molar-refractivity contribution is 9.10. The first-order valence-corrected chi connectivity index (χ1v) is 9.03. The molecule has 0 heterocycles. The number of amides is 1. The van der Waals surface area contributed by atoms with E-state index in [1.807, 2.05) is 25.1 Å². The molecule has 2 nitrogen and oxygen atoms in total. The van der Waals surface area contributed by atoms with Gasteiger partial charge in [-0.2, -0.15) is 0 Å². The van der Waals surface area contributed by atoms with Gasteiger partial charge in [0, 0.05) is 17.1 Å². The van der Waals surface area contributed by atoms with Crippen molar-refractivity contribution in [1.82, 2.24) is 5.32 Å². The summed E-state index contributed by atoms with van der Waals surface area (Å²) in [6.07, 6.45) is 4.52. The van der Waals surface area contributed by atoms with Gasteiger partial charge in [-0.3, -0.25) is 4.79 Å². The molecule has 0 unspecified atom stereocenters. The van der Waals surface area contributed by atoms with Gasteiger partial charge < -0.3 is 5.32 Å². The summed E-state index contributed by atoms with van der Waals surface area (Å²) in [5, 5.41) is 2.91. The molecular formula is C21H24BrNO. The van der Waals surface area contributed by atoms with Crippen LogP contribution in [0.3, 0.4) is 0 Å². The van der Waals surface area contributed by atoms with E-state index in [-0.39, 0.29) is 5.91 Å². The highest BCUT2D eigenvalue weighted by Crippen LogP contribution is 2.17. The van der Waals surface area contributed by atoms with Gasteiger partial charge in [0.05, 0.1) is 0 Å². The lowest BCUT2D eigenvalue weighted by Gasteiger charge is -2.06. The lowest BCUT2D eigenvalue weighted by molar-refractivity contribution is -0.116. The summed E-state index contributed by atoms with van der Waals surface area (Å²) in [4.78, 5) is 11.9. The smallest absolute Gasteiger partial charge is 0.244 e. The second-order valence-corrected chi connectivity index (χ2v) is 7.33. The largest absolute Gasteiger partial charge is 0.348 e. The minimum absolute atomic E-state index is 0.0816. The molecule has 2 rings (SSSR count). The van der Waals surface area contributed by atoms with Crippen LogP contribution in [0.1, 0.15) is 36.1 Å². The van der Waals surface area contributed by atoms with Crippen molar-refractivity contribution in [3.05, 3.63) is 75.3 Å². The van der Waals surface area contributed by atoms with Gasteiger partial charge in [0.2, 0.25) is 5.91 Å². The summed E-state index contributed by atoms with van der Waals surface area (Å²) < 4.78 is 1.08. The van der Waals surface area contributed by atoms with Crippen LogP contribution in [0.4, 0.5) is 0 Å². The van der Waals surface area contributed by atoms with Crippen molar-refractivity contribution in [3.63, 3.8) is 0 Å². The lowest BCUT2D eigenvalue weighted by Crippen LogP contribution is -2.20. The molecule has 0 aromatic heterocycles. The minimum atomic E-state index is -0.0816. The fraction of sp³-hybridized carbons (Fsp3) is 0.286. The Kier molecular flexibility index (Phi) is 6.80. The quantitative estimate of drug-likeness (QED) is 0.672. The van der Waals surface area contributed by atoms with Crippen LogP contribution in [0.15, 0.2) is 53.0 Å². The zero-order valence-electron chi connectivity index (χ0n) is 14.5. The molecule has 0 saturated carbocycles. The SMILES string of the molecule is Cc1cc(CNC(=O)C=Cc2ccc(CC(C)C)cc2)ccc1Br. The molecule has 1 N–H and O–H groups in total. The van der Waals surface area contributed by atoms with E-state index < -0.39 is 0 Å². The summed E-state index contributed by atoms with van der Waals surface area (Å²) in [6.45, 7) is 7.00. The first-order valence-electron chi connectivity index (χ1n) is 8.24. The predicted octanol–water partition coefficient (Wildman–Crippen LogP) is 5.29. The standard InChI is InChI=1S/C21H24BrNO/c1-15(2)12-18-6-4-17(5-7-18)9-11-21(24)23-14-19-8-10-20(22)16(3)13-19/h4-11,13,15H,12,14H2,1-3H3,(H,23,24). The molecule has 0 atom stereocenters. The third-order valence-corrected chi connectivity index (χ3v) is 4.63. The third-order valence-electron chi connectivity index (χ3n) is 3.74. The fourth-order valence-corrected chi connectivity index (χ4v) is 2.72. The molecule has 0 fully saturated rings. The Morgan fingerprint density at radius 3 is 2.42 bits per heavy atom. The molecule has 3 heteroatoms. The molecule has 0 aliphatic carbocycles. The van der Waals surface area contributed by atoms with Gasteiger partial charge in [-0.1, -0.05) is 66.2 Å². The van der Waals surface area contributed by atoms with Crippen molar-refractivity contribution in [1.29, 1.82) is 0 Å². The van der Waals surface area contributed by atoms with Crippen molar-refractivity contribution >= 4 is 27.9 Å². The van der Waals surface area contributed by atoms with E-state index in [1.54, 1.807) is 6.08 Å². The number of rotatable bonds is 6. The van der Waals surface area contributed by atoms with Gasteiger partial charge in [0.1, 0.15) is 0 Å². The van der Waals surface area contributed by atoms with Crippen molar-refractivity contribution in [3.8, 4) is 0 Å². The molecule has 0 aliphatic heterocycles. The van der Waals surface area contributed by atoms with Gasteiger partial charge >= 0.3 is 0 Å².